The minimum Gasteiger partial charge on any atom is -0.478 e. The Hall–Kier alpha value is -1.86. The van der Waals surface area contributed by atoms with Crippen LogP contribution in [-0.4, -0.2) is 17.1 Å². The number of benzene rings is 2. The number of urea groups is 1. The first-order valence-corrected chi connectivity index (χ1v) is 7.41. The molecule has 5 nitrogen and oxygen atoms in total. The van der Waals surface area contributed by atoms with Gasteiger partial charge in [0.1, 0.15) is 0 Å². The monoisotopic (exact) mass is 412 g/mol. The molecular weight excluding hydrogens is 404 g/mol. The van der Waals surface area contributed by atoms with Crippen molar-refractivity contribution in [1.82, 2.24) is 0 Å². The molecule has 0 aliphatic rings. The lowest BCUT2D eigenvalue weighted by Gasteiger charge is -2.11. The highest BCUT2D eigenvalue weighted by Crippen LogP contribution is 2.26. The number of rotatable bonds is 3. The number of carbonyl (C=O) groups is 2. The molecule has 0 radical (unpaired) electrons. The van der Waals surface area contributed by atoms with Gasteiger partial charge in [0.2, 0.25) is 0 Å². The number of hydrogen-bond donors (Lipinski definition) is 3. The smallest absolute Gasteiger partial charge is 0.337 e. The van der Waals surface area contributed by atoms with Crippen molar-refractivity contribution in [3.63, 3.8) is 0 Å². The van der Waals surface area contributed by atoms with E-state index in [0.717, 1.165) is 4.47 Å². The second-order valence-corrected chi connectivity index (χ2v) is 5.82. The van der Waals surface area contributed by atoms with E-state index in [1.165, 1.54) is 12.1 Å². The molecule has 0 aromatic heterocycles. The maximum Gasteiger partial charge on any atom is 0.337 e. The average molecular weight is 414 g/mol. The highest BCUT2D eigenvalue weighted by molar-refractivity contribution is 9.11. The standard InChI is InChI=1S/C14H10Br2N2O3/c15-8-5-6-10(16)12(7-8)18-14(21)17-11-4-2-1-3-9(11)13(19)20/h1-7H,(H,19,20)(H2,17,18,21). The van der Waals surface area contributed by atoms with Gasteiger partial charge < -0.3 is 15.7 Å². The lowest BCUT2D eigenvalue weighted by molar-refractivity contribution is 0.0698. The molecule has 2 aromatic carbocycles. The number of anilines is 2. The second-order valence-electron chi connectivity index (χ2n) is 4.05. The van der Waals surface area contributed by atoms with Gasteiger partial charge in [0.25, 0.3) is 0 Å². The van der Waals surface area contributed by atoms with Crippen molar-refractivity contribution < 1.29 is 14.7 Å². The number of nitrogens with one attached hydrogen (secondary N) is 2. The molecule has 0 unspecified atom stereocenters. The number of halogens is 2. The summed E-state index contributed by atoms with van der Waals surface area (Å²) in [5.41, 5.74) is 0.823. The van der Waals surface area contributed by atoms with Crippen LogP contribution in [0.1, 0.15) is 10.4 Å². The molecule has 0 bridgehead atoms. The van der Waals surface area contributed by atoms with Crippen molar-refractivity contribution in [3.8, 4) is 0 Å². The third kappa shape index (κ3) is 4.05. The molecule has 0 aliphatic heterocycles. The molecule has 2 aromatic rings. The lowest BCUT2D eigenvalue weighted by Crippen LogP contribution is -2.21. The number of carboxylic acids is 1. The predicted molar refractivity (Wildman–Crippen MR) is 87.9 cm³/mol. The normalized spacial score (nSPS) is 10.0. The Labute approximate surface area is 137 Å². The van der Waals surface area contributed by atoms with E-state index in [4.69, 9.17) is 5.11 Å². The molecule has 108 valence electrons. The number of carbonyl (C=O) groups excluding carboxylic acids is 1. The Balaban J connectivity index is 2.16. The van der Waals surface area contributed by atoms with Crippen molar-refractivity contribution in [2.24, 2.45) is 0 Å². The Kier molecular flexibility index (Phi) is 4.98. The molecule has 2 rings (SSSR count). The number of para-hydroxylation sites is 1. The summed E-state index contributed by atoms with van der Waals surface area (Å²) < 4.78 is 1.53. The van der Waals surface area contributed by atoms with Crippen LogP contribution in [-0.2, 0) is 0 Å². The summed E-state index contributed by atoms with van der Waals surface area (Å²) in [5, 5.41) is 14.2. The van der Waals surface area contributed by atoms with Crippen LogP contribution in [0.25, 0.3) is 0 Å². The van der Waals surface area contributed by atoms with Gasteiger partial charge in [0.15, 0.2) is 0 Å². The van der Waals surface area contributed by atoms with Crippen LogP contribution in [0.5, 0.6) is 0 Å². The Morgan fingerprint density at radius 1 is 0.952 bits per heavy atom. The van der Waals surface area contributed by atoms with Crippen LogP contribution in [0.2, 0.25) is 0 Å². The van der Waals surface area contributed by atoms with E-state index >= 15 is 0 Å². The van der Waals surface area contributed by atoms with Crippen molar-refractivity contribution in [2.45, 2.75) is 0 Å². The number of carboxylic acid groups (broad SMARTS) is 1. The predicted octanol–water partition coefficient (Wildman–Crippen LogP) is 4.55. The van der Waals surface area contributed by atoms with E-state index in [1.54, 1.807) is 24.3 Å². The van der Waals surface area contributed by atoms with E-state index in [2.05, 4.69) is 42.5 Å². The molecule has 0 aliphatic carbocycles. The van der Waals surface area contributed by atoms with Crippen LogP contribution >= 0.6 is 31.9 Å². The zero-order valence-electron chi connectivity index (χ0n) is 10.6. The number of hydrogen-bond acceptors (Lipinski definition) is 2. The highest BCUT2D eigenvalue weighted by Gasteiger charge is 2.12. The molecule has 21 heavy (non-hydrogen) atoms. The Morgan fingerprint density at radius 3 is 2.33 bits per heavy atom. The SMILES string of the molecule is O=C(Nc1cc(Br)ccc1Br)Nc1ccccc1C(=O)O. The molecule has 0 spiro atoms. The first kappa shape index (κ1) is 15.5. The van der Waals surface area contributed by atoms with Gasteiger partial charge in [-0.05, 0) is 46.3 Å². The van der Waals surface area contributed by atoms with Gasteiger partial charge in [-0.2, -0.15) is 0 Å². The molecule has 0 saturated carbocycles. The topological polar surface area (TPSA) is 78.4 Å². The minimum atomic E-state index is -1.10. The van der Waals surface area contributed by atoms with Gasteiger partial charge in [0.05, 0.1) is 16.9 Å². The molecule has 0 saturated heterocycles. The summed E-state index contributed by atoms with van der Waals surface area (Å²) in [6.07, 6.45) is 0. The second kappa shape index (κ2) is 6.73. The summed E-state index contributed by atoms with van der Waals surface area (Å²) in [6, 6.07) is 11.0. The maximum atomic E-state index is 12.0. The fourth-order valence-corrected chi connectivity index (χ4v) is 2.35. The van der Waals surface area contributed by atoms with Crippen LogP contribution in [0.15, 0.2) is 51.4 Å². The van der Waals surface area contributed by atoms with Crippen molar-refractivity contribution in [1.29, 1.82) is 0 Å². The van der Waals surface area contributed by atoms with E-state index < -0.39 is 12.0 Å². The van der Waals surface area contributed by atoms with E-state index in [1.807, 2.05) is 6.07 Å². The van der Waals surface area contributed by atoms with Gasteiger partial charge in [-0.1, -0.05) is 28.1 Å². The number of amides is 2. The molecule has 2 amide bonds. The van der Waals surface area contributed by atoms with Gasteiger partial charge >= 0.3 is 12.0 Å². The summed E-state index contributed by atoms with van der Waals surface area (Å²) in [7, 11) is 0. The van der Waals surface area contributed by atoms with Crippen molar-refractivity contribution in [2.75, 3.05) is 10.6 Å². The molecule has 0 heterocycles. The highest BCUT2D eigenvalue weighted by atomic mass is 79.9. The van der Waals surface area contributed by atoms with E-state index in [0.29, 0.717) is 10.2 Å². The molecular formula is C14H10Br2N2O3. The minimum absolute atomic E-state index is 0.0287. The third-order valence-electron chi connectivity index (χ3n) is 2.58. The average Bonchev–Trinajstić information content (AvgIpc) is 2.43. The van der Waals surface area contributed by atoms with Crippen molar-refractivity contribution in [3.05, 3.63) is 57.0 Å². The zero-order valence-corrected chi connectivity index (χ0v) is 13.7. The number of aromatic carboxylic acids is 1. The Bertz CT molecular complexity index is 704. The first-order chi connectivity index (χ1) is 9.97. The van der Waals surface area contributed by atoms with Crippen LogP contribution in [0.3, 0.4) is 0 Å². The van der Waals surface area contributed by atoms with Gasteiger partial charge in [0, 0.05) is 8.95 Å². The summed E-state index contributed by atoms with van der Waals surface area (Å²) in [4.78, 5) is 23.0. The molecule has 0 fully saturated rings. The van der Waals surface area contributed by atoms with Gasteiger partial charge in [-0.25, -0.2) is 9.59 Å². The maximum absolute atomic E-state index is 12.0. The quantitative estimate of drug-likeness (QED) is 0.690. The van der Waals surface area contributed by atoms with Crippen molar-refractivity contribution >= 4 is 55.2 Å². The fourth-order valence-electron chi connectivity index (χ4n) is 1.65. The largest absolute Gasteiger partial charge is 0.478 e. The van der Waals surface area contributed by atoms with Crippen LogP contribution < -0.4 is 10.6 Å². The van der Waals surface area contributed by atoms with Gasteiger partial charge in [-0.15, -0.1) is 0 Å². The van der Waals surface area contributed by atoms with E-state index in [9.17, 15) is 9.59 Å². The van der Waals surface area contributed by atoms with E-state index in [-0.39, 0.29) is 11.3 Å². The third-order valence-corrected chi connectivity index (χ3v) is 3.77. The van der Waals surface area contributed by atoms with Crippen LogP contribution in [0.4, 0.5) is 16.2 Å². The Morgan fingerprint density at radius 2 is 1.62 bits per heavy atom. The van der Waals surface area contributed by atoms with Gasteiger partial charge in [-0.3, -0.25) is 0 Å². The summed E-state index contributed by atoms with van der Waals surface area (Å²) >= 11 is 6.64. The first-order valence-electron chi connectivity index (χ1n) is 5.83. The fraction of sp³-hybridized carbons (Fsp3) is 0. The lowest BCUT2D eigenvalue weighted by atomic mass is 10.2. The molecule has 7 heteroatoms. The molecule has 0 atom stereocenters. The van der Waals surface area contributed by atoms with Crippen LogP contribution in [0, 0.1) is 0 Å². The summed E-state index contributed by atoms with van der Waals surface area (Å²) in [5.74, 6) is -1.10. The summed E-state index contributed by atoms with van der Waals surface area (Å²) in [6.45, 7) is 0. The molecule has 3 N–H and O–H groups in total. The zero-order chi connectivity index (χ0) is 15.4.